The zero-order valence-electron chi connectivity index (χ0n) is 17.0. The second-order valence-corrected chi connectivity index (χ2v) is 7.52. The highest BCUT2D eigenvalue weighted by Gasteiger charge is 2.16. The second-order valence-electron chi connectivity index (χ2n) is 7.52. The molecule has 2 heterocycles. The normalized spacial score (nSPS) is 16.4. The zero-order chi connectivity index (χ0) is 19.2. The Morgan fingerprint density at radius 3 is 2.44 bits per heavy atom. The molecule has 5 heteroatoms. The molecule has 0 spiro atoms. The molecule has 1 aliphatic rings. The van der Waals surface area contributed by atoms with Crippen LogP contribution in [0.1, 0.15) is 82.7 Å². The van der Waals surface area contributed by atoms with Crippen LogP contribution in [0, 0.1) is 0 Å². The highest BCUT2D eigenvalue weighted by atomic mass is 16.5. The van der Waals surface area contributed by atoms with E-state index < -0.39 is 0 Å². The van der Waals surface area contributed by atoms with Gasteiger partial charge in [-0.3, -0.25) is 0 Å². The Balaban J connectivity index is 1.62. The summed E-state index contributed by atoms with van der Waals surface area (Å²) in [5.41, 5.74) is 1.01. The van der Waals surface area contributed by atoms with E-state index in [0.717, 1.165) is 44.6 Å². The molecule has 27 heavy (non-hydrogen) atoms. The van der Waals surface area contributed by atoms with E-state index >= 15 is 0 Å². The van der Waals surface area contributed by atoms with Crippen LogP contribution in [0.15, 0.2) is 18.3 Å². The predicted octanol–water partition coefficient (Wildman–Crippen LogP) is 4.40. The highest BCUT2D eigenvalue weighted by Crippen LogP contribution is 2.19. The number of unbranched alkanes of at least 4 members (excludes halogenated alkanes) is 7. The van der Waals surface area contributed by atoms with Gasteiger partial charge in [0.1, 0.15) is 6.10 Å². The van der Waals surface area contributed by atoms with Crippen molar-refractivity contribution >= 4 is 0 Å². The third-order valence-electron chi connectivity index (χ3n) is 5.22. The van der Waals surface area contributed by atoms with E-state index in [2.05, 4.69) is 17.2 Å². The first-order valence-corrected chi connectivity index (χ1v) is 10.9. The van der Waals surface area contributed by atoms with Crippen LogP contribution in [0.5, 0.6) is 5.88 Å². The number of nitrogens with zero attached hydrogens (tertiary/aromatic N) is 1. The van der Waals surface area contributed by atoms with Crippen LogP contribution in [-0.4, -0.2) is 42.6 Å². The summed E-state index contributed by atoms with van der Waals surface area (Å²) in [6.07, 6.45) is 14.4. The van der Waals surface area contributed by atoms with Crippen molar-refractivity contribution in [3.63, 3.8) is 0 Å². The first-order chi connectivity index (χ1) is 13.3. The van der Waals surface area contributed by atoms with E-state index in [4.69, 9.17) is 9.47 Å². The zero-order valence-corrected chi connectivity index (χ0v) is 17.0. The molecule has 1 aromatic heterocycles. The molecule has 0 unspecified atom stereocenters. The molecule has 0 bridgehead atoms. The summed E-state index contributed by atoms with van der Waals surface area (Å²) in [7, 11) is 0. The molecule has 0 radical (unpaired) electrons. The van der Waals surface area contributed by atoms with Crippen LogP contribution in [0.2, 0.25) is 0 Å². The van der Waals surface area contributed by atoms with Gasteiger partial charge in [-0.25, -0.2) is 4.98 Å². The van der Waals surface area contributed by atoms with Gasteiger partial charge in [0.25, 0.3) is 0 Å². The molecule has 0 aliphatic carbocycles. The van der Waals surface area contributed by atoms with Crippen molar-refractivity contribution in [1.82, 2.24) is 10.3 Å². The Hall–Kier alpha value is -1.17. The fourth-order valence-corrected chi connectivity index (χ4v) is 3.46. The van der Waals surface area contributed by atoms with Crippen molar-refractivity contribution in [3.8, 4) is 5.88 Å². The summed E-state index contributed by atoms with van der Waals surface area (Å²) in [6.45, 7) is 4.79. The van der Waals surface area contributed by atoms with Crippen molar-refractivity contribution in [2.45, 2.75) is 83.3 Å². The molecule has 1 fully saturated rings. The fraction of sp³-hybridized carbons (Fsp3) is 0.773. The Morgan fingerprint density at radius 2 is 1.81 bits per heavy atom. The molecule has 0 saturated carbocycles. The molecule has 1 saturated heterocycles. The Kier molecular flexibility index (Phi) is 11.4. The maximum Gasteiger partial charge on any atom is 0.213 e. The number of ether oxygens (including phenoxy) is 2. The van der Waals surface area contributed by atoms with Gasteiger partial charge in [-0.1, -0.05) is 57.9 Å². The van der Waals surface area contributed by atoms with Gasteiger partial charge in [0, 0.05) is 25.1 Å². The average Bonchev–Trinajstić information content (AvgIpc) is 2.71. The van der Waals surface area contributed by atoms with Gasteiger partial charge in [0.2, 0.25) is 5.88 Å². The third kappa shape index (κ3) is 9.04. The van der Waals surface area contributed by atoms with Crippen molar-refractivity contribution in [2.24, 2.45) is 0 Å². The smallest absolute Gasteiger partial charge is 0.213 e. The first-order valence-electron chi connectivity index (χ1n) is 10.9. The summed E-state index contributed by atoms with van der Waals surface area (Å²) >= 11 is 0. The number of hydrogen-bond donors (Lipinski definition) is 2. The van der Waals surface area contributed by atoms with Crippen LogP contribution >= 0.6 is 0 Å². The van der Waals surface area contributed by atoms with Gasteiger partial charge < -0.3 is 19.9 Å². The van der Waals surface area contributed by atoms with Gasteiger partial charge in [-0.05, 0) is 18.5 Å². The predicted molar refractivity (Wildman–Crippen MR) is 109 cm³/mol. The maximum atomic E-state index is 9.70. The lowest BCUT2D eigenvalue weighted by Crippen LogP contribution is -2.27. The number of aliphatic hydroxyl groups is 1. The second kappa shape index (κ2) is 13.9. The van der Waals surface area contributed by atoms with Crippen LogP contribution in [0.3, 0.4) is 0 Å². The lowest BCUT2D eigenvalue weighted by atomic mass is 10.1. The SMILES string of the molecule is CCCCCCCCCCN[C@@H](CO)c1ccc(OC2CCOCC2)nc1. The summed E-state index contributed by atoms with van der Waals surface area (Å²) in [4.78, 5) is 4.42. The number of aromatic nitrogens is 1. The molecule has 2 N–H and O–H groups in total. The quantitative estimate of drug-likeness (QED) is 0.470. The Labute approximate surface area is 164 Å². The van der Waals surface area contributed by atoms with E-state index in [1.54, 1.807) is 0 Å². The van der Waals surface area contributed by atoms with Gasteiger partial charge in [0.15, 0.2) is 0 Å². The number of nitrogens with one attached hydrogen (secondary N) is 1. The van der Waals surface area contributed by atoms with Gasteiger partial charge in [-0.2, -0.15) is 0 Å². The molecule has 154 valence electrons. The lowest BCUT2D eigenvalue weighted by Gasteiger charge is -2.23. The monoisotopic (exact) mass is 378 g/mol. The highest BCUT2D eigenvalue weighted by molar-refractivity contribution is 5.21. The summed E-state index contributed by atoms with van der Waals surface area (Å²) in [5, 5.41) is 13.1. The van der Waals surface area contributed by atoms with E-state index in [1.807, 2.05) is 18.3 Å². The van der Waals surface area contributed by atoms with Crippen molar-refractivity contribution in [2.75, 3.05) is 26.4 Å². The Morgan fingerprint density at radius 1 is 1.11 bits per heavy atom. The number of rotatable bonds is 14. The van der Waals surface area contributed by atoms with Crippen molar-refractivity contribution in [3.05, 3.63) is 23.9 Å². The molecule has 5 nitrogen and oxygen atoms in total. The maximum absolute atomic E-state index is 9.70. The minimum absolute atomic E-state index is 0.0563. The van der Waals surface area contributed by atoms with Gasteiger partial charge in [-0.15, -0.1) is 0 Å². The van der Waals surface area contributed by atoms with Gasteiger partial charge in [0.05, 0.1) is 25.9 Å². The van der Waals surface area contributed by atoms with E-state index in [0.29, 0.717) is 5.88 Å². The van der Waals surface area contributed by atoms with E-state index in [9.17, 15) is 5.11 Å². The van der Waals surface area contributed by atoms with Crippen LogP contribution in [0.4, 0.5) is 0 Å². The summed E-state index contributed by atoms with van der Waals surface area (Å²) in [5.74, 6) is 0.658. The number of aliphatic hydroxyl groups excluding tert-OH is 1. The largest absolute Gasteiger partial charge is 0.474 e. The van der Waals surface area contributed by atoms with Crippen molar-refractivity contribution < 1.29 is 14.6 Å². The Bertz CT molecular complexity index is 475. The minimum Gasteiger partial charge on any atom is -0.474 e. The molecule has 2 rings (SSSR count). The van der Waals surface area contributed by atoms with E-state index in [-0.39, 0.29) is 18.8 Å². The number of hydrogen-bond acceptors (Lipinski definition) is 5. The van der Waals surface area contributed by atoms with Crippen LogP contribution in [0.25, 0.3) is 0 Å². The molecule has 1 aromatic rings. The molecule has 1 aliphatic heterocycles. The van der Waals surface area contributed by atoms with E-state index in [1.165, 1.54) is 44.9 Å². The minimum atomic E-state index is -0.0563. The van der Waals surface area contributed by atoms with Crippen molar-refractivity contribution in [1.29, 1.82) is 0 Å². The summed E-state index contributed by atoms with van der Waals surface area (Å²) < 4.78 is 11.3. The van der Waals surface area contributed by atoms with Crippen LogP contribution in [-0.2, 0) is 4.74 Å². The van der Waals surface area contributed by atoms with Gasteiger partial charge >= 0.3 is 0 Å². The molecule has 1 atom stereocenters. The molecular formula is C22H38N2O3. The molecule has 0 amide bonds. The third-order valence-corrected chi connectivity index (χ3v) is 5.22. The molecule has 0 aromatic carbocycles. The standard InChI is InChI=1S/C22H38N2O3/c1-2-3-4-5-6-7-8-9-14-23-21(18-25)19-10-11-22(24-17-19)27-20-12-15-26-16-13-20/h10-11,17,20-21,23,25H,2-9,12-16,18H2,1H3/t21-/m0/s1. The number of pyridine rings is 1. The van der Waals surface area contributed by atoms with Crippen LogP contribution < -0.4 is 10.1 Å². The first kappa shape index (κ1) is 22.1. The lowest BCUT2D eigenvalue weighted by molar-refractivity contribution is 0.0237. The fourth-order valence-electron chi connectivity index (χ4n) is 3.46. The molecular weight excluding hydrogens is 340 g/mol. The summed E-state index contributed by atoms with van der Waals surface area (Å²) in [6, 6.07) is 3.86. The topological polar surface area (TPSA) is 63.6 Å². The average molecular weight is 379 g/mol.